The molecule has 4 heterocycles. The highest BCUT2D eigenvalue weighted by atomic mass is 32.1. The van der Waals surface area contributed by atoms with Crippen molar-refractivity contribution in [1.82, 2.24) is 20.3 Å². The molecule has 0 aliphatic carbocycles. The van der Waals surface area contributed by atoms with Gasteiger partial charge in [0.15, 0.2) is 5.11 Å². The predicted octanol–water partition coefficient (Wildman–Crippen LogP) is 3.97. The summed E-state index contributed by atoms with van der Waals surface area (Å²) in [7, 11) is 0. The minimum absolute atomic E-state index is 0.523. The Morgan fingerprint density at radius 1 is 1.06 bits per heavy atom. The molecule has 1 atom stereocenters. The largest absolute Gasteiger partial charge is 0.358 e. The van der Waals surface area contributed by atoms with Crippen LogP contribution in [0.15, 0.2) is 30.6 Å². The summed E-state index contributed by atoms with van der Waals surface area (Å²) in [6, 6.07) is 6.11. The molecule has 166 valence electrons. The molecule has 2 fully saturated rings. The number of pyridine rings is 1. The van der Waals surface area contributed by atoms with Crippen molar-refractivity contribution in [3.63, 3.8) is 0 Å². The highest BCUT2D eigenvalue weighted by Crippen LogP contribution is 2.27. The van der Waals surface area contributed by atoms with E-state index in [1.54, 1.807) is 6.20 Å². The predicted molar refractivity (Wildman–Crippen MR) is 131 cm³/mol. The van der Waals surface area contributed by atoms with Crippen LogP contribution in [-0.4, -0.2) is 46.2 Å². The molecule has 2 saturated heterocycles. The van der Waals surface area contributed by atoms with Crippen molar-refractivity contribution in [2.24, 2.45) is 5.92 Å². The van der Waals surface area contributed by atoms with Crippen LogP contribution in [0, 0.1) is 5.92 Å². The molecular formula is C23H33N7S. The van der Waals surface area contributed by atoms with Crippen LogP contribution in [0.1, 0.15) is 51.0 Å². The molecule has 2 aromatic rings. The van der Waals surface area contributed by atoms with Crippen molar-refractivity contribution in [3.8, 4) is 0 Å². The molecule has 2 aliphatic heterocycles. The number of nitrogens with zero attached hydrogens (tertiary/aromatic N) is 5. The van der Waals surface area contributed by atoms with Crippen molar-refractivity contribution in [3.05, 3.63) is 36.2 Å². The zero-order chi connectivity index (χ0) is 21.5. The maximum atomic E-state index is 5.53. The fourth-order valence-electron chi connectivity index (χ4n) is 4.33. The molecule has 0 aromatic carbocycles. The lowest BCUT2D eigenvalue weighted by molar-refractivity contribution is 0.444. The van der Waals surface area contributed by atoms with Crippen molar-refractivity contribution < 1.29 is 0 Å². The van der Waals surface area contributed by atoms with Crippen LogP contribution in [-0.2, 0) is 6.54 Å². The van der Waals surface area contributed by atoms with Crippen LogP contribution in [0.3, 0.4) is 0 Å². The zero-order valence-electron chi connectivity index (χ0n) is 18.4. The monoisotopic (exact) mass is 439 g/mol. The minimum atomic E-state index is 0.523. The molecule has 2 aliphatic rings. The molecule has 8 heteroatoms. The highest BCUT2D eigenvalue weighted by Gasteiger charge is 2.21. The topological polar surface area (TPSA) is 69.2 Å². The van der Waals surface area contributed by atoms with Gasteiger partial charge in [-0.25, -0.2) is 0 Å². The fourth-order valence-corrected chi connectivity index (χ4v) is 4.49. The van der Waals surface area contributed by atoms with Crippen molar-refractivity contribution >= 4 is 34.9 Å². The molecule has 2 N–H and O–H groups in total. The smallest absolute Gasteiger partial charge is 0.232 e. The van der Waals surface area contributed by atoms with Gasteiger partial charge in [0.2, 0.25) is 5.95 Å². The van der Waals surface area contributed by atoms with Crippen LogP contribution in [0.2, 0.25) is 0 Å². The summed E-state index contributed by atoms with van der Waals surface area (Å²) in [5.74, 6) is 3.25. The Balaban J connectivity index is 1.51. The van der Waals surface area contributed by atoms with Crippen LogP contribution in [0.5, 0.6) is 0 Å². The quantitative estimate of drug-likeness (QED) is 0.678. The normalized spacial score (nSPS) is 19.6. The third-order valence-corrected chi connectivity index (χ3v) is 6.26. The van der Waals surface area contributed by atoms with E-state index >= 15 is 0 Å². The molecule has 0 radical (unpaired) electrons. The van der Waals surface area contributed by atoms with Crippen molar-refractivity contribution in [1.29, 1.82) is 0 Å². The van der Waals surface area contributed by atoms with E-state index in [0.717, 1.165) is 43.4 Å². The minimum Gasteiger partial charge on any atom is -0.358 e. The Kier molecular flexibility index (Phi) is 7.51. The van der Waals surface area contributed by atoms with E-state index < -0.39 is 0 Å². The summed E-state index contributed by atoms with van der Waals surface area (Å²) in [4.78, 5) is 18.6. The van der Waals surface area contributed by atoms with Gasteiger partial charge in [0.1, 0.15) is 11.6 Å². The number of nitrogens with one attached hydrogen (secondary N) is 2. The molecule has 0 saturated carbocycles. The Morgan fingerprint density at radius 3 is 2.52 bits per heavy atom. The lowest BCUT2D eigenvalue weighted by Crippen LogP contribution is -2.36. The van der Waals surface area contributed by atoms with Crippen LogP contribution >= 0.6 is 12.2 Å². The SMILES string of the molecule is C[C@@H]1CCCN(c2cc(N3CCCCCC3)nc(NC(=S)NCc3cccnc3)n2)C1. The fraction of sp³-hybridized carbons (Fsp3) is 0.565. The van der Waals surface area contributed by atoms with Gasteiger partial charge in [0, 0.05) is 51.2 Å². The molecule has 0 amide bonds. The first-order valence-electron chi connectivity index (χ1n) is 11.5. The summed E-state index contributed by atoms with van der Waals surface area (Å²) < 4.78 is 0. The molecule has 0 bridgehead atoms. The van der Waals surface area contributed by atoms with Gasteiger partial charge >= 0.3 is 0 Å². The van der Waals surface area contributed by atoms with Gasteiger partial charge in [-0.05, 0) is 55.4 Å². The van der Waals surface area contributed by atoms with Crippen LogP contribution in [0.25, 0.3) is 0 Å². The van der Waals surface area contributed by atoms with Gasteiger partial charge < -0.3 is 20.4 Å². The van der Waals surface area contributed by atoms with E-state index in [1.807, 2.05) is 18.3 Å². The Labute approximate surface area is 190 Å². The zero-order valence-corrected chi connectivity index (χ0v) is 19.2. The van der Waals surface area contributed by atoms with E-state index in [1.165, 1.54) is 38.5 Å². The molecule has 2 aromatic heterocycles. The van der Waals surface area contributed by atoms with Gasteiger partial charge in [0.05, 0.1) is 0 Å². The van der Waals surface area contributed by atoms with E-state index in [-0.39, 0.29) is 0 Å². The summed E-state index contributed by atoms with van der Waals surface area (Å²) in [5.41, 5.74) is 1.08. The standard InChI is InChI=1S/C23H33N7S/c1-18-8-7-13-30(17-18)21-14-20(29-11-4-2-3-5-12-29)26-22(27-21)28-23(31)25-16-19-9-6-10-24-15-19/h6,9-10,14-15,18H,2-5,7-8,11-13,16-17H2,1H3,(H2,25,26,27,28,31)/t18-/m1/s1. The Bertz CT molecular complexity index is 832. The number of anilines is 3. The van der Waals surface area contributed by atoms with E-state index in [2.05, 4.69) is 38.4 Å². The average molecular weight is 440 g/mol. The first kappa shape index (κ1) is 21.7. The summed E-state index contributed by atoms with van der Waals surface area (Å²) in [6.07, 6.45) is 11.1. The van der Waals surface area contributed by atoms with Gasteiger partial charge in [-0.3, -0.25) is 4.98 Å². The molecular weight excluding hydrogens is 406 g/mol. The number of hydrogen-bond donors (Lipinski definition) is 2. The van der Waals surface area contributed by atoms with E-state index in [0.29, 0.717) is 23.5 Å². The molecule has 0 spiro atoms. The lowest BCUT2D eigenvalue weighted by Gasteiger charge is -2.33. The van der Waals surface area contributed by atoms with Gasteiger partial charge in [-0.15, -0.1) is 0 Å². The van der Waals surface area contributed by atoms with Crippen LogP contribution < -0.4 is 20.4 Å². The van der Waals surface area contributed by atoms with E-state index in [4.69, 9.17) is 22.2 Å². The highest BCUT2D eigenvalue weighted by molar-refractivity contribution is 7.80. The Hall–Kier alpha value is -2.48. The first-order chi connectivity index (χ1) is 15.2. The lowest BCUT2D eigenvalue weighted by atomic mass is 10.0. The second-order valence-electron chi connectivity index (χ2n) is 8.67. The van der Waals surface area contributed by atoms with Gasteiger partial charge in [-0.2, -0.15) is 9.97 Å². The Morgan fingerprint density at radius 2 is 1.81 bits per heavy atom. The van der Waals surface area contributed by atoms with Gasteiger partial charge in [-0.1, -0.05) is 25.8 Å². The number of rotatable bonds is 5. The first-order valence-corrected chi connectivity index (χ1v) is 11.9. The number of aromatic nitrogens is 3. The summed E-state index contributed by atoms with van der Waals surface area (Å²) >= 11 is 5.53. The maximum absolute atomic E-state index is 5.53. The second-order valence-corrected chi connectivity index (χ2v) is 9.08. The molecule has 0 unspecified atom stereocenters. The molecule has 7 nitrogen and oxygen atoms in total. The number of hydrogen-bond acceptors (Lipinski definition) is 6. The molecule has 31 heavy (non-hydrogen) atoms. The average Bonchev–Trinajstić information content (AvgIpc) is 3.08. The molecule has 4 rings (SSSR count). The van der Waals surface area contributed by atoms with Gasteiger partial charge in [0.25, 0.3) is 0 Å². The third kappa shape index (κ3) is 6.26. The third-order valence-electron chi connectivity index (χ3n) is 6.01. The van der Waals surface area contributed by atoms with E-state index in [9.17, 15) is 0 Å². The number of piperidine rings is 1. The maximum Gasteiger partial charge on any atom is 0.232 e. The van der Waals surface area contributed by atoms with Crippen molar-refractivity contribution in [2.75, 3.05) is 41.3 Å². The summed E-state index contributed by atoms with van der Waals surface area (Å²) in [5, 5.41) is 6.98. The van der Waals surface area contributed by atoms with Crippen LogP contribution in [0.4, 0.5) is 17.6 Å². The number of thiocarbonyl (C=S) groups is 1. The van der Waals surface area contributed by atoms with Crippen molar-refractivity contribution in [2.45, 2.75) is 52.0 Å². The second kappa shape index (κ2) is 10.7. The summed E-state index contributed by atoms with van der Waals surface area (Å²) in [6.45, 7) is 7.12.